The number of sulfonamides is 1. The number of nitrogens with one attached hydrogen (secondary N) is 2. The first-order valence-corrected chi connectivity index (χ1v) is 9.26. The number of fused-ring (bicyclic) bond motifs is 1. The first-order valence-electron chi connectivity index (χ1n) is 7.78. The van der Waals surface area contributed by atoms with E-state index < -0.39 is 10.0 Å². The number of amides is 1. The van der Waals surface area contributed by atoms with E-state index >= 15 is 0 Å². The van der Waals surface area contributed by atoms with Gasteiger partial charge in [-0.25, -0.2) is 13.1 Å². The van der Waals surface area contributed by atoms with Crippen LogP contribution in [0.4, 0.5) is 5.69 Å². The fraction of sp³-hybridized carbons (Fsp3) is 0.533. The van der Waals surface area contributed by atoms with Crippen molar-refractivity contribution in [1.29, 1.82) is 0 Å². The highest BCUT2D eigenvalue weighted by Gasteiger charge is 2.32. The van der Waals surface area contributed by atoms with Crippen molar-refractivity contribution in [2.75, 3.05) is 37.7 Å². The first-order chi connectivity index (χ1) is 11.0. The van der Waals surface area contributed by atoms with Crippen molar-refractivity contribution in [3.63, 3.8) is 0 Å². The molecular weight excluding hydrogens is 318 g/mol. The molecule has 0 aromatic heterocycles. The Bertz CT molecular complexity index is 699. The fourth-order valence-electron chi connectivity index (χ4n) is 2.94. The third kappa shape index (κ3) is 3.25. The van der Waals surface area contributed by atoms with Gasteiger partial charge in [-0.2, -0.15) is 0 Å². The molecule has 1 fully saturated rings. The van der Waals surface area contributed by atoms with Crippen LogP contribution in [0.25, 0.3) is 0 Å². The highest BCUT2D eigenvalue weighted by Crippen LogP contribution is 2.31. The molecular formula is C15H21N3O4S. The van der Waals surface area contributed by atoms with Gasteiger partial charge in [-0.15, -0.1) is 0 Å². The maximum atomic E-state index is 12.7. The quantitative estimate of drug-likeness (QED) is 0.797. The van der Waals surface area contributed by atoms with Crippen LogP contribution in [0.15, 0.2) is 23.1 Å². The van der Waals surface area contributed by atoms with Crippen molar-refractivity contribution in [2.45, 2.75) is 24.3 Å². The van der Waals surface area contributed by atoms with Gasteiger partial charge in [-0.05, 0) is 24.1 Å². The van der Waals surface area contributed by atoms with E-state index in [-0.39, 0.29) is 16.8 Å². The lowest BCUT2D eigenvalue weighted by molar-refractivity contribution is -0.123. The van der Waals surface area contributed by atoms with E-state index in [4.69, 9.17) is 4.74 Å². The van der Waals surface area contributed by atoms with Crippen molar-refractivity contribution in [2.24, 2.45) is 0 Å². The molecule has 2 heterocycles. The van der Waals surface area contributed by atoms with E-state index in [0.717, 1.165) is 12.0 Å². The largest absolute Gasteiger partial charge is 0.378 e. The summed E-state index contributed by atoms with van der Waals surface area (Å²) in [6.07, 6.45) is 0.732. The number of anilines is 1. The maximum absolute atomic E-state index is 12.7. The molecule has 1 unspecified atom stereocenters. The molecule has 0 bridgehead atoms. The lowest BCUT2D eigenvalue weighted by Crippen LogP contribution is -2.52. The number of ether oxygens (including phenoxy) is 1. The van der Waals surface area contributed by atoms with Crippen LogP contribution in [0.1, 0.15) is 12.5 Å². The maximum Gasteiger partial charge on any atom is 0.246 e. The Kier molecular flexibility index (Phi) is 4.67. The topological polar surface area (TPSA) is 87.7 Å². The number of hydrogen-bond acceptors (Lipinski definition) is 5. The molecule has 23 heavy (non-hydrogen) atoms. The van der Waals surface area contributed by atoms with Gasteiger partial charge in [0.25, 0.3) is 0 Å². The number of rotatable bonds is 4. The van der Waals surface area contributed by atoms with Crippen molar-refractivity contribution >= 4 is 21.6 Å². The van der Waals surface area contributed by atoms with Gasteiger partial charge in [0.2, 0.25) is 15.9 Å². The summed E-state index contributed by atoms with van der Waals surface area (Å²) in [5.74, 6) is -0.0681. The zero-order valence-electron chi connectivity index (χ0n) is 13.0. The summed E-state index contributed by atoms with van der Waals surface area (Å²) in [6.45, 7) is 4.22. The van der Waals surface area contributed by atoms with E-state index in [1.54, 1.807) is 30.0 Å². The second kappa shape index (κ2) is 6.56. The monoisotopic (exact) mass is 339 g/mol. The highest BCUT2D eigenvalue weighted by atomic mass is 32.2. The number of benzene rings is 1. The minimum Gasteiger partial charge on any atom is -0.378 e. The SMILES string of the molecule is CCNS(=O)(=O)c1ccc2c(c1)N(C(=O)C1COCCN1)CC2. The van der Waals surface area contributed by atoms with Gasteiger partial charge in [0.15, 0.2) is 0 Å². The number of carbonyl (C=O) groups excluding carboxylic acids is 1. The van der Waals surface area contributed by atoms with Crippen LogP contribution in [0.3, 0.4) is 0 Å². The Morgan fingerprint density at radius 3 is 3.00 bits per heavy atom. The Morgan fingerprint density at radius 1 is 1.48 bits per heavy atom. The van der Waals surface area contributed by atoms with Gasteiger partial charge < -0.3 is 15.0 Å². The summed E-state index contributed by atoms with van der Waals surface area (Å²) in [6, 6.07) is 4.59. The average molecular weight is 339 g/mol. The normalized spacial score (nSPS) is 21.3. The van der Waals surface area contributed by atoms with Crippen molar-refractivity contribution in [3.8, 4) is 0 Å². The molecule has 1 atom stereocenters. The minimum atomic E-state index is -3.53. The van der Waals surface area contributed by atoms with E-state index in [1.165, 1.54) is 0 Å². The molecule has 0 spiro atoms. The van der Waals surface area contributed by atoms with Gasteiger partial charge in [-0.1, -0.05) is 13.0 Å². The Labute approximate surface area is 136 Å². The highest BCUT2D eigenvalue weighted by molar-refractivity contribution is 7.89. The van der Waals surface area contributed by atoms with Gasteiger partial charge >= 0.3 is 0 Å². The average Bonchev–Trinajstić information content (AvgIpc) is 2.98. The molecule has 0 radical (unpaired) electrons. The summed E-state index contributed by atoms with van der Waals surface area (Å²) in [4.78, 5) is 14.5. The van der Waals surface area contributed by atoms with E-state index in [1.807, 2.05) is 0 Å². The van der Waals surface area contributed by atoms with Gasteiger partial charge in [0.1, 0.15) is 6.04 Å². The summed E-state index contributed by atoms with van der Waals surface area (Å²) in [5, 5.41) is 3.14. The van der Waals surface area contributed by atoms with Crippen LogP contribution in [-0.2, 0) is 26.0 Å². The molecule has 3 rings (SSSR count). The molecule has 2 aliphatic rings. The first kappa shape index (κ1) is 16.4. The fourth-order valence-corrected chi connectivity index (χ4v) is 4.00. The van der Waals surface area contributed by atoms with Crippen LogP contribution >= 0.6 is 0 Å². The second-order valence-electron chi connectivity index (χ2n) is 5.61. The molecule has 0 aliphatic carbocycles. The predicted molar refractivity (Wildman–Crippen MR) is 86.0 cm³/mol. The second-order valence-corrected chi connectivity index (χ2v) is 7.38. The predicted octanol–water partition coefficient (Wildman–Crippen LogP) is -0.138. The van der Waals surface area contributed by atoms with Crippen LogP contribution in [-0.4, -0.2) is 53.2 Å². The van der Waals surface area contributed by atoms with E-state index in [2.05, 4.69) is 10.0 Å². The van der Waals surface area contributed by atoms with Crippen LogP contribution < -0.4 is 14.9 Å². The molecule has 0 saturated carbocycles. The van der Waals surface area contributed by atoms with Crippen LogP contribution in [0.5, 0.6) is 0 Å². The summed E-state index contributed by atoms with van der Waals surface area (Å²) < 4.78 is 32.1. The number of nitrogens with zero attached hydrogens (tertiary/aromatic N) is 1. The Morgan fingerprint density at radius 2 is 2.30 bits per heavy atom. The Hall–Kier alpha value is -1.48. The van der Waals surface area contributed by atoms with Crippen LogP contribution in [0.2, 0.25) is 0 Å². The molecule has 1 saturated heterocycles. The Balaban J connectivity index is 1.87. The smallest absolute Gasteiger partial charge is 0.246 e. The molecule has 7 nitrogen and oxygen atoms in total. The molecule has 1 amide bonds. The lowest BCUT2D eigenvalue weighted by Gasteiger charge is -2.27. The van der Waals surface area contributed by atoms with E-state index in [9.17, 15) is 13.2 Å². The summed E-state index contributed by atoms with van der Waals surface area (Å²) in [7, 11) is -3.53. The summed E-state index contributed by atoms with van der Waals surface area (Å²) >= 11 is 0. The number of carbonyl (C=O) groups is 1. The van der Waals surface area contributed by atoms with Gasteiger partial charge in [-0.3, -0.25) is 4.79 Å². The molecule has 1 aromatic carbocycles. The molecule has 2 aliphatic heterocycles. The molecule has 2 N–H and O–H groups in total. The lowest BCUT2D eigenvalue weighted by atomic mass is 10.1. The third-order valence-electron chi connectivity index (χ3n) is 4.08. The van der Waals surface area contributed by atoms with Crippen molar-refractivity contribution in [1.82, 2.24) is 10.0 Å². The summed E-state index contributed by atoms with van der Waals surface area (Å²) in [5.41, 5.74) is 1.67. The number of morpholine rings is 1. The molecule has 8 heteroatoms. The van der Waals surface area contributed by atoms with Crippen molar-refractivity contribution in [3.05, 3.63) is 23.8 Å². The molecule has 126 valence electrons. The van der Waals surface area contributed by atoms with Gasteiger partial charge in [0.05, 0.1) is 18.1 Å². The zero-order valence-corrected chi connectivity index (χ0v) is 13.9. The van der Waals surface area contributed by atoms with E-state index in [0.29, 0.717) is 38.5 Å². The van der Waals surface area contributed by atoms with Crippen LogP contribution in [0, 0.1) is 0 Å². The standard InChI is InChI=1S/C15H21N3O4S/c1-2-17-23(20,21)12-4-3-11-5-7-18(14(11)9-12)15(19)13-10-22-8-6-16-13/h3-4,9,13,16-17H,2,5-8,10H2,1H3. The zero-order chi connectivity index (χ0) is 16.4. The molecule has 1 aromatic rings. The van der Waals surface area contributed by atoms with Crippen molar-refractivity contribution < 1.29 is 17.9 Å². The third-order valence-corrected chi connectivity index (χ3v) is 5.63. The minimum absolute atomic E-state index is 0.0681. The number of hydrogen-bond donors (Lipinski definition) is 2. The van der Waals surface area contributed by atoms with Gasteiger partial charge in [0, 0.05) is 25.3 Å².